The van der Waals surface area contributed by atoms with Crippen LogP contribution in [0.2, 0.25) is 0 Å². The Morgan fingerprint density at radius 2 is 2.00 bits per heavy atom. The number of nitrogens with one attached hydrogen (secondary N) is 1. The monoisotopic (exact) mass is 308 g/mol. The summed E-state index contributed by atoms with van der Waals surface area (Å²) in [5, 5.41) is 3.74. The highest BCUT2D eigenvalue weighted by Gasteiger charge is 2.07. The number of halogens is 3. The van der Waals surface area contributed by atoms with Crippen LogP contribution in [-0.4, -0.2) is 13.3 Å². The summed E-state index contributed by atoms with van der Waals surface area (Å²) in [6.07, 6.45) is 1.42. The van der Waals surface area contributed by atoms with Gasteiger partial charge in [0.25, 0.3) is 0 Å². The van der Waals surface area contributed by atoms with Crippen molar-refractivity contribution in [3.63, 3.8) is 0 Å². The lowest BCUT2D eigenvalue weighted by Gasteiger charge is -2.01. The average Bonchev–Trinajstić information content (AvgIpc) is 2.12. The molecule has 5 heteroatoms. The second-order valence-electron chi connectivity index (χ2n) is 2.24. The molecule has 0 radical (unpaired) electrons. The molecule has 1 rings (SSSR count). The zero-order valence-corrected chi connectivity index (χ0v) is 9.99. The largest absolute Gasteiger partial charge is 0.313 e. The first-order chi connectivity index (χ1) is 6.16. The van der Waals surface area contributed by atoms with E-state index in [4.69, 9.17) is 0 Å². The Bertz CT molecular complexity index is 339. The van der Waals surface area contributed by atoms with Crippen LogP contribution in [0.1, 0.15) is 5.56 Å². The Hall–Kier alpha value is -0.420. The number of benzene rings is 1. The number of hydrogen-bond acceptors (Lipinski definition) is 2. The molecule has 0 unspecified atom stereocenters. The van der Waals surface area contributed by atoms with Gasteiger partial charge in [0.1, 0.15) is 5.82 Å². The molecule has 1 N–H and O–H groups in total. The van der Waals surface area contributed by atoms with E-state index in [2.05, 4.69) is 42.4 Å². The first kappa shape index (κ1) is 10.7. The molecule has 0 fully saturated rings. The highest BCUT2D eigenvalue weighted by atomic mass is 79.9. The zero-order chi connectivity index (χ0) is 9.84. The average molecular weight is 310 g/mol. The smallest absolute Gasteiger partial charge is 0.147 e. The molecule has 2 nitrogen and oxygen atoms in total. The van der Waals surface area contributed by atoms with Crippen molar-refractivity contribution < 1.29 is 4.39 Å². The van der Waals surface area contributed by atoms with Crippen molar-refractivity contribution in [3.8, 4) is 0 Å². The molecule has 0 atom stereocenters. The van der Waals surface area contributed by atoms with Crippen LogP contribution in [0, 0.1) is 5.82 Å². The van der Waals surface area contributed by atoms with E-state index in [1.54, 1.807) is 19.2 Å². The minimum absolute atomic E-state index is 0.326. The quantitative estimate of drug-likeness (QED) is 0.507. The number of nitrogens with zero attached hydrogens (tertiary/aromatic N) is 1. The van der Waals surface area contributed by atoms with Crippen LogP contribution >= 0.6 is 31.9 Å². The van der Waals surface area contributed by atoms with Gasteiger partial charge in [-0.2, -0.15) is 5.10 Å². The highest BCUT2D eigenvalue weighted by Crippen LogP contribution is 2.24. The van der Waals surface area contributed by atoms with Gasteiger partial charge in [-0.1, -0.05) is 15.9 Å². The van der Waals surface area contributed by atoms with Gasteiger partial charge in [0.05, 0.1) is 10.7 Å². The number of rotatable bonds is 2. The maximum atomic E-state index is 13.4. The Morgan fingerprint density at radius 1 is 1.38 bits per heavy atom. The fourth-order valence-corrected chi connectivity index (χ4v) is 1.54. The fourth-order valence-electron chi connectivity index (χ4n) is 0.790. The van der Waals surface area contributed by atoms with Gasteiger partial charge in [-0.05, 0) is 28.1 Å². The molecular weight excluding hydrogens is 303 g/mol. The Morgan fingerprint density at radius 3 is 2.62 bits per heavy atom. The number of hydrazone groups is 1. The summed E-state index contributed by atoms with van der Waals surface area (Å²) >= 11 is 6.33. The lowest BCUT2D eigenvalue weighted by molar-refractivity contribution is 0.618. The predicted molar refractivity (Wildman–Crippen MR) is 58.5 cm³/mol. The summed E-state index contributed by atoms with van der Waals surface area (Å²) in [5.74, 6) is -0.326. The molecule has 0 spiro atoms. The minimum atomic E-state index is -0.326. The molecule has 70 valence electrons. The second kappa shape index (κ2) is 4.72. The topological polar surface area (TPSA) is 24.4 Å². The van der Waals surface area contributed by atoms with Gasteiger partial charge in [-0.25, -0.2) is 4.39 Å². The summed E-state index contributed by atoms with van der Waals surface area (Å²) in [6, 6.07) is 3.39. The maximum Gasteiger partial charge on any atom is 0.147 e. The van der Waals surface area contributed by atoms with Crippen LogP contribution < -0.4 is 5.43 Å². The molecule has 0 bridgehead atoms. The molecule has 0 aliphatic heterocycles. The van der Waals surface area contributed by atoms with Gasteiger partial charge >= 0.3 is 0 Å². The van der Waals surface area contributed by atoms with Gasteiger partial charge in [0.2, 0.25) is 0 Å². The molecular formula is C8H7Br2FN2. The van der Waals surface area contributed by atoms with E-state index in [0.29, 0.717) is 14.5 Å². The SMILES string of the molecule is CN/N=C/c1c(Br)ccc(Br)c1F. The summed E-state index contributed by atoms with van der Waals surface area (Å²) in [7, 11) is 1.65. The lowest BCUT2D eigenvalue weighted by atomic mass is 10.2. The van der Waals surface area contributed by atoms with Crippen molar-refractivity contribution in [2.75, 3.05) is 7.05 Å². The summed E-state index contributed by atoms with van der Waals surface area (Å²) < 4.78 is 14.5. The number of hydrogen-bond donors (Lipinski definition) is 1. The summed E-state index contributed by atoms with van der Waals surface area (Å²) in [5.41, 5.74) is 2.98. The molecule has 1 aromatic rings. The molecule has 0 saturated carbocycles. The third kappa shape index (κ3) is 2.51. The van der Waals surface area contributed by atoms with Gasteiger partial charge in [0.15, 0.2) is 0 Å². The van der Waals surface area contributed by atoms with E-state index in [0.717, 1.165) is 0 Å². The van der Waals surface area contributed by atoms with E-state index >= 15 is 0 Å². The van der Waals surface area contributed by atoms with Crippen molar-refractivity contribution in [2.45, 2.75) is 0 Å². The summed E-state index contributed by atoms with van der Waals surface area (Å²) in [4.78, 5) is 0. The van der Waals surface area contributed by atoms with Crippen LogP contribution in [0.3, 0.4) is 0 Å². The molecule has 0 aliphatic rings. The second-order valence-corrected chi connectivity index (χ2v) is 3.95. The first-order valence-electron chi connectivity index (χ1n) is 3.50. The van der Waals surface area contributed by atoms with Crippen LogP contribution in [0.15, 0.2) is 26.2 Å². The van der Waals surface area contributed by atoms with Crippen LogP contribution in [0.4, 0.5) is 4.39 Å². The van der Waals surface area contributed by atoms with Crippen molar-refractivity contribution in [3.05, 3.63) is 32.5 Å². The van der Waals surface area contributed by atoms with Crippen LogP contribution in [0.5, 0.6) is 0 Å². The maximum absolute atomic E-state index is 13.4. The Balaban J connectivity index is 3.17. The third-order valence-electron chi connectivity index (χ3n) is 1.40. The van der Waals surface area contributed by atoms with Crippen molar-refractivity contribution in [2.24, 2.45) is 5.10 Å². The minimum Gasteiger partial charge on any atom is -0.313 e. The van der Waals surface area contributed by atoms with E-state index in [-0.39, 0.29) is 5.82 Å². The van der Waals surface area contributed by atoms with E-state index in [9.17, 15) is 4.39 Å². The third-order valence-corrected chi connectivity index (χ3v) is 2.71. The van der Waals surface area contributed by atoms with E-state index in [1.165, 1.54) is 6.21 Å². The molecule has 13 heavy (non-hydrogen) atoms. The Labute approximate surface area is 92.5 Å². The van der Waals surface area contributed by atoms with Gasteiger partial charge < -0.3 is 5.43 Å². The lowest BCUT2D eigenvalue weighted by Crippen LogP contribution is -1.98. The normalized spacial score (nSPS) is 10.8. The van der Waals surface area contributed by atoms with Crippen molar-refractivity contribution in [1.29, 1.82) is 0 Å². The predicted octanol–water partition coefficient (Wildman–Crippen LogP) is 2.90. The molecule has 0 heterocycles. The van der Waals surface area contributed by atoms with Crippen LogP contribution in [-0.2, 0) is 0 Å². The van der Waals surface area contributed by atoms with Gasteiger partial charge in [-0.15, -0.1) is 0 Å². The van der Waals surface area contributed by atoms with Crippen LogP contribution in [0.25, 0.3) is 0 Å². The highest BCUT2D eigenvalue weighted by molar-refractivity contribution is 9.11. The molecule has 1 aromatic carbocycles. The fraction of sp³-hybridized carbons (Fsp3) is 0.125. The van der Waals surface area contributed by atoms with Crippen molar-refractivity contribution in [1.82, 2.24) is 5.43 Å². The van der Waals surface area contributed by atoms with E-state index < -0.39 is 0 Å². The Kier molecular flexibility index (Phi) is 3.87. The molecule has 0 aromatic heterocycles. The molecule has 0 saturated heterocycles. The van der Waals surface area contributed by atoms with Gasteiger partial charge in [0, 0.05) is 17.1 Å². The molecule has 0 aliphatic carbocycles. The summed E-state index contributed by atoms with van der Waals surface area (Å²) in [6.45, 7) is 0. The van der Waals surface area contributed by atoms with E-state index in [1.807, 2.05) is 0 Å². The first-order valence-corrected chi connectivity index (χ1v) is 5.08. The molecule has 0 amide bonds. The van der Waals surface area contributed by atoms with Gasteiger partial charge in [-0.3, -0.25) is 0 Å². The van der Waals surface area contributed by atoms with Crippen molar-refractivity contribution >= 4 is 38.1 Å². The zero-order valence-electron chi connectivity index (χ0n) is 6.81. The standard InChI is InChI=1S/C8H7Br2FN2/c1-12-13-4-5-6(9)2-3-7(10)8(5)11/h2-4,12H,1H3/b13-4+.